The average molecular weight is 580 g/mol. The first-order chi connectivity index (χ1) is 18.2. The highest BCUT2D eigenvalue weighted by Gasteiger charge is 2.51. The number of aliphatic hydroxyl groups is 1. The summed E-state index contributed by atoms with van der Waals surface area (Å²) in [5, 5.41) is 14.8. The predicted molar refractivity (Wildman–Crippen MR) is 148 cm³/mol. The van der Waals surface area contributed by atoms with Crippen LogP contribution >= 0.6 is 15.9 Å². The van der Waals surface area contributed by atoms with Crippen molar-refractivity contribution >= 4 is 33.6 Å². The van der Waals surface area contributed by atoms with Crippen molar-refractivity contribution in [2.75, 3.05) is 31.5 Å². The highest BCUT2D eigenvalue weighted by Crippen LogP contribution is 2.38. The molecular formula is C30H33BrN3O4+. The van der Waals surface area contributed by atoms with Crippen LogP contribution in [0.15, 0.2) is 71.3 Å². The van der Waals surface area contributed by atoms with Gasteiger partial charge in [0, 0.05) is 29.4 Å². The molecule has 2 aromatic carbocycles. The van der Waals surface area contributed by atoms with E-state index in [1.165, 1.54) is 0 Å². The van der Waals surface area contributed by atoms with Gasteiger partial charge in [0.15, 0.2) is 12.6 Å². The molecule has 6 rings (SSSR count). The van der Waals surface area contributed by atoms with E-state index >= 15 is 0 Å². The maximum absolute atomic E-state index is 13.7. The van der Waals surface area contributed by atoms with E-state index in [-0.39, 0.29) is 17.9 Å². The molecule has 2 bridgehead atoms. The maximum Gasteiger partial charge on any atom is 0.348 e. The Kier molecular flexibility index (Phi) is 7.40. The number of quaternary nitrogens is 1. The van der Waals surface area contributed by atoms with E-state index in [2.05, 4.69) is 26.2 Å². The number of ether oxygens (including phenoxy) is 1. The number of fused-ring (bicyclic) bond motifs is 3. The first-order valence-electron chi connectivity index (χ1n) is 13.0. The summed E-state index contributed by atoms with van der Waals surface area (Å²) in [6.45, 7) is 6.49. The Bertz CT molecular complexity index is 1280. The molecule has 8 heteroatoms. The lowest BCUT2D eigenvalue weighted by Gasteiger charge is -2.51. The number of anilines is 1. The second kappa shape index (κ2) is 10.6. The largest absolute Gasteiger partial charge is 0.453 e. The number of nitrogens with one attached hydrogen (secondary N) is 1. The lowest BCUT2D eigenvalue weighted by Crippen LogP contribution is -2.66. The fourth-order valence-corrected chi connectivity index (χ4v) is 6.23. The van der Waals surface area contributed by atoms with Crippen molar-refractivity contribution in [2.45, 2.75) is 38.4 Å². The van der Waals surface area contributed by atoms with Gasteiger partial charge in [-0.2, -0.15) is 0 Å². The number of halogens is 1. The number of benzene rings is 2. The van der Waals surface area contributed by atoms with Crippen LogP contribution in [-0.4, -0.2) is 58.7 Å². The number of esters is 1. The van der Waals surface area contributed by atoms with Gasteiger partial charge >= 0.3 is 5.97 Å². The lowest BCUT2D eigenvalue weighted by molar-refractivity contribution is -0.939. The molecule has 1 amide bonds. The van der Waals surface area contributed by atoms with Crippen molar-refractivity contribution in [3.63, 3.8) is 0 Å². The summed E-state index contributed by atoms with van der Waals surface area (Å²) in [5.74, 6) is 0.00893. The minimum atomic E-state index is -1.92. The molecule has 0 spiro atoms. The van der Waals surface area contributed by atoms with E-state index in [0.717, 1.165) is 41.5 Å². The van der Waals surface area contributed by atoms with Gasteiger partial charge in [0.1, 0.15) is 12.4 Å². The Hall–Kier alpha value is -3.07. The Morgan fingerprint density at radius 1 is 1.03 bits per heavy atom. The van der Waals surface area contributed by atoms with Crippen LogP contribution in [0.1, 0.15) is 35.1 Å². The predicted octanol–water partition coefficient (Wildman–Crippen LogP) is 4.49. The fraction of sp³-hybridized carbons (Fsp3) is 0.367. The van der Waals surface area contributed by atoms with Crippen LogP contribution in [0.5, 0.6) is 0 Å². The van der Waals surface area contributed by atoms with Crippen LogP contribution in [0.3, 0.4) is 0 Å². The van der Waals surface area contributed by atoms with Gasteiger partial charge in [-0.25, -0.2) is 9.78 Å². The van der Waals surface area contributed by atoms with E-state index in [0.29, 0.717) is 34.5 Å². The molecule has 7 nitrogen and oxygen atoms in total. The molecule has 38 heavy (non-hydrogen) atoms. The molecule has 4 heterocycles. The molecule has 0 radical (unpaired) electrons. The summed E-state index contributed by atoms with van der Waals surface area (Å²) in [7, 11) is 0. The SMILES string of the molecule is Cc1c(Br)cnc(NC(=O)C[N+]23CCC(CC2)[C@@H](OC(=O)C(O)(c2ccccc2)c2ccccc2)C3)c1C. The van der Waals surface area contributed by atoms with Crippen LogP contribution in [0, 0.1) is 19.8 Å². The molecule has 3 aromatic rings. The normalized spacial score (nSPS) is 22.6. The lowest BCUT2D eigenvalue weighted by atomic mass is 9.82. The standard InChI is InChI=1S/C30H32BrN3O4/c1-20-21(2)28(32-17-25(20)31)33-27(35)19-34-15-13-22(14-16-34)26(18-34)38-29(36)30(37,23-9-5-3-6-10-23)24-11-7-4-8-12-24/h3-12,17,22,26,37H,13-16,18-19H2,1-2H3/p+1/t22?,26-,34?/m0/s1. The molecule has 1 atom stereocenters. The van der Waals surface area contributed by atoms with E-state index in [1.807, 2.05) is 26.0 Å². The number of aromatic nitrogens is 1. The molecule has 2 N–H and O–H groups in total. The van der Waals surface area contributed by atoms with Gasteiger partial charge in [-0.1, -0.05) is 60.7 Å². The summed E-state index contributed by atoms with van der Waals surface area (Å²) in [6.07, 6.45) is 3.07. The number of nitrogens with zero attached hydrogens (tertiary/aromatic N) is 2. The fourth-order valence-electron chi connectivity index (χ4n) is 5.83. The number of amides is 1. The van der Waals surface area contributed by atoms with Crippen LogP contribution in [0.4, 0.5) is 5.82 Å². The zero-order chi connectivity index (χ0) is 26.9. The number of pyridine rings is 1. The Balaban J connectivity index is 1.33. The molecule has 3 aliphatic rings. The van der Waals surface area contributed by atoms with Crippen molar-refractivity contribution in [3.05, 3.63) is 93.6 Å². The number of hydrogen-bond acceptors (Lipinski definition) is 5. The monoisotopic (exact) mass is 578 g/mol. The van der Waals surface area contributed by atoms with Crippen LogP contribution in [0.25, 0.3) is 0 Å². The molecule has 0 unspecified atom stereocenters. The van der Waals surface area contributed by atoms with E-state index < -0.39 is 11.6 Å². The third-order valence-corrected chi connectivity index (χ3v) is 9.10. The summed E-state index contributed by atoms with van der Waals surface area (Å²) in [6, 6.07) is 17.8. The van der Waals surface area contributed by atoms with Crippen molar-refractivity contribution in [2.24, 2.45) is 5.92 Å². The Labute approximate surface area is 231 Å². The van der Waals surface area contributed by atoms with Crippen LogP contribution in [0.2, 0.25) is 0 Å². The van der Waals surface area contributed by atoms with E-state index in [4.69, 9.17) is 4.74 Å². The minimum absolute atomic E-state index is 0.0992. The number of rotatable bonds is 7. The quantitative estimate of drug-likeness (QED) is 0.318. The smallest absolute Gasteiger partial charge is 0.348 e. The number of carbonyl (C=O) groups is 2. The number of carbonyl (C=O) groups excluding carboxylic acids is 2. The van der Waals surface area contributed by atoms with Crippen molar-refractivity contribution in [1.82, 2.24) is 4.98 Å². The van der Waals surface area contributed by atoms with Gasteiger partial charge in [-0.15, -0.1) is 0 Å². The Morgan fingerprint density at radius 3 is 2.18 bits per heavy atom. The topological polar surface area (TPSA) is 88.5 Å². The highest BCUT2D eigenvalue weighted by atomic mass is 79.9. The van der Waals surface area contributed by atoms with Gasteiger partial charge in [0.2, 0.25) is 5.60 Å². The summed E-state index contributed by atoms with van der Waals surface area (Å²) < 4.78 is 7.58. The van der Waals surface area contributed by atoms with Crippen molar-refractivity contribution in [3.8, 4) is 0 Å². The third-order valence-electron chi connectivity index (χ3n) is 8.30. The molecule has 3 saturated heterocycles. The van der Waals surface area contributed by atoms with Crippen molar-refractivity contribution < 1.29 is 23.9 Å². The minimum Gasteiger partial charge on any atom is -0.453 e. The molecular weight excluding hydrogens is 546 g/mol. The highest BCUT2D eigenvalue weighted by molar-refractivity contribution is 9.10. The first-order valence-corrected chi connectivity index (χ1v) is 13.8. The van der Waals surface area contributed by atoms with Gasteiger partial charge < -0.3 is 19.6 Å². The van der Waals surface area contributed by atoms with Crippen LogP contribution in [-0.2, 0) is 19.9 Å². The molecule has 3 fully saturated rings. The van der Waals surface area contributed by atoms with Gasteiger partial charge in [-0.3, -0.25) is 4.79 Å². The molecule has 1 aromatic heterocycles. The summed E-state index contributed by atoms with van der Waals surface area (Å²) >= 11 is 3.48. The average Bonchev–Trinajstić information content (AvgIpc) is 2.94. The van der Waals surface area contributed by atoms with Gasteiger partial charge in [0.05, 0.1) is 13.1 Å². The second-order valence-electron chi connectivity index (χ2n) is 10.6. The molecule has 0 saturated carbocycles. The van der Waals surface area contributed by atoms with Gasteiger partial charge in [0.25, 0.3) is 5.91 Å². The summed E-state index contributed by atoms with van der Waals surface area (Å²) in [5.41, 5.74) is 0.983. The number of hydrogen-bond donors (Lipinski definition) is 2. The third kappa shape index (κ3) is 5.00. The second-order valence-corrected chi connectivity index (χ2v) is 11.5. The van der Waals surface area contributed by atoms with E-state index in [9.17, 15) is 14.7 Å². The first kappa shape index (κ1) is 26.5. The van der Waals surface area contributed by atoms with E-state index in [1.54, 1.807) is 54.7 Å². The van der Waals surface area contributed by atoms with Gasteiger partial charge in [-0.05, 0) is 52.0 Å². The zero-order valence-corrected chi connectivity index (χ0v) is 23.3. The summed E-state index contributed by atoms with van der Waals surface area (Å²) in [4.78, 5) is 31.2. The zero-order valence-electron chi connectivity index (χ0n) is 21.7. The van der Waals surface area contributed by atoms with Crippen LogP contribution < -0.4 is 5.32 Å². The Morgan fingerprint density at radius 2 is 1.61 bits per heavy atom. The maximum atomic E-state index is 13.7. The molecule has 3 aliphatic heterocycles. The molecule has 0 aliphatic carbocycles. The number of piperidine rings is 3. The van der Waals surface area contributed by atoms with Crippen molar-refractivity contribution in [1.29, 1.82) is 0 Å². The molecule has 198 valence electrons.